The highest BCUT2D eigenvalue weighted by Gasteiger charge is 2.29. The summed E-state index contributed by atoms with van der Waals surface area (Å²) in [5, 5.41) is 0. The highest BCUT2D eigenvalue weighted by molar-refractivity contribution is 7.80. The number of hydrogen-bond donors (Lipinski definition) is 1. The molecule has 2 atom stereocenters. The van der Waals surface area contributed by atoms with Gasteiger partial charge < -0.3 is 24.3 Å². The third-order valence-electron chi connectivity index (χ3n) is 12.5. The fourth-order valence-electron chi connectivity index (χ4n) is 9.45. The van der Waals surface area contributed by atoms with Crippen molar-refractivity contribution < 1.29 is 9.47 Å². The summed E-state index contributed by atoms with van der Waals surface area (Å²) >= 11 is 5.37. The Morgan fingerprint density at radius 3 is 1.61 bits per heavy atom. The third kappa shape index (κ3) is 11.0. The standard InChI is InChI=1S/C29H29N3OS.C28H29N3O/c30-29(34)25-15-5-6-16-26(25)32-20-10-17-27(32)28(31-18-7-2-8-19-31)22-11-9-14-24(21-22)33-23-12-3-1-4-13-23;1-3-13-25(14-4-1)32-26-15-9-11-23(21-26)28(30-18-7-2-8-19-30)27-16-10-20-31(27)22-24-12-5-6-17-29-24/h1,3-6,9-17,20-21,28H,2,7-8,18-19H2,(H2,30,34);1,3-6,9-17,20-21,28H,2,7-8,18-19,22H2. The smallest absolute Gasteiger partial charge is 0.127 e. The highest BCUT2D eigenvalue weighted by Crippen LogP contribution is 2.37. The molecule has 8 aromatic rings. The number of para-hydroxylation sites is 3. The molecule has 2 aliphatic rings. The van der Waals surface area contributed by atoms with E-state index in [1.165, 1.54) is 61.0 Å². The number of thiocarbonyl (C=S) groups is 1. The normalized spacial score (nSPS) is 15.2. The van der Waals surface area contributed by atoms with Gasteiger partial charge in [0.1, 0.15) is 28.0 Å². The number of ether oxygens (including phenoxy) is 2. The predicted octanol–water partition coefficient (Wildman–Crippen LogP) is 12.8. The maximum Gasteiger partial charge on any atom is 0.127 e. The van der Waals surface area contributed by atoms with Crippen molar-refractivity contribution in [2.24, 2.45) is 5.73 Å². The first kappa shape index (κ1) is 44.4. The second kappa shape index (κ2) is 21.9. The molecule has 0 amide bonds. The number of likely N-dealkylation sites (tertiary alicyclic amines) is 2. The number of benzene rings is 5. The van der Waals surface area contributed by atoms with Crippen molar-refractivity contribution in [2.45, 2.75) is 57.2 Å². The third-order valence-corrected chi connectivity index (χ3v) is 12.7. The maximum absolute atomic E-state index is 6.18. The fraction of sp³-hybridized carbons (Fsp3) is 0.228. The molecule has 2 saturated heterocycles. The number of pyridine rings is 1. The second-order valence-corrected chi connectivity index (χ2v) is 17.5. The van der Waals surface area contributed by atoms with E-state index < -0.39 is 0 Å². The van der Waals surface area contributed by atoms with Gasteiger partial charge >= 0.3 is 0 Å². The largest absolute Gasteiger partial charge is 0.457 e. The molecular weight excluding hydrogens is 833 g/mol. The van der Waals surface area contributed by atoms with Crippen LogP contribution in [0.1, 0.15) is 84.4 Å². The molecule has 2 N–H and O–H groups in total. The first-order valence-corrected chi connectivity index (χ1v) is 23.7. The zero-order valence-electron chi connectivity index (χ0n) is 37.4. The topological polar surface area (TPSA) is 73.7 Å². The first-order valence-electron chi connectivity index (χ1n) is 23.3. The molecule has 0 aliphatic carbocycles. The molecule has 66 heavy (non-hydrogen) atoms. The lowest BCUT2D eigenvalue weighted by molar-refractivity contribution is 0.182. The minimum absolute atomic E-state index is 0.0917. The van der Waals surface area contributed by atoms with Crippen LogP contribution in [0.5, 0.6) is 23.0 Å². The van der Waals surface area contributed by atoms with Crippen LogP contribution in [0.4, 0.5) is 0 Å². The van der Waals surface area contributed by atoms with Gasteiger partial charge in [-0.1, -0.05) is 104 Å². The van der Waals surface area contributed by atoms with Crippen LogP contribution in [0.25, 0.3) is 5.69 Å². The van der Waals surface area contributed by atoms with E-state index in [-0.39, 0.29) is 12.1 Å². The molecule has 2 unspecified atom stereocenters. The Labute approximate surface area is 394 Å². The minimum atomic E-state index is 0.0917. The van der Waals surface area contributed by atoms with Crippen molar-refractivity contribution in [3.8, 4) is 28.7 Å². The molecule has 2 aliphatic heterocycles. The molecule has 8 nitrogen and oxygen atoms in total. The fourth-order valence-corrected chi connectivity index (χ4v) is 9.62. The molecule has 0 bridgehead atoms. The number of piperidine rings is 2. The molecule has 10 rings (SSSR count). The van der Waals surface area contributed by atoms with Gasteiger partial charge in [-0.3, -0.25) is 14.8 Å². The lowest BCUT2D eigenvalue weighted by Gasteiger charge is -2.36. The van der Waals surface area contributed by atoms with Crippen LogP contribution in [0.3, 0.4) is 0 Å². The molecule has 5 heterocycles. The van der Waals surface area contributed by atoms with E-state index >= 15 is 0 Å². The van der Waals surface area contributed by atoms with Crippen LogP contribution < -0.4 is 15.2 Å². The van der Waals surface area contributed by atoms with Crippen LogP contribution in [0, 0.1) is 0 Å². The van der Waals surface area contributed by atoms with E-state index in [2.05, 4.69) is 115 Å². The summed E-state index contributed by atoms with van der Waals surface area (Å²) in [6, 6.07) is 60.2. The van der Waals surface area contributed by atoms with Crippen molar-refractivity contribution in [3.05, 3.63) is 228 Å². The van der Waals surface area contributed by atoms with Crippen LogP contribution in [0.2, 0.25) is 0 Å². The van der Waals surface area contributed by atoms with E-state index in [0.29, 0.717) is 4.99 Å². The SMILES string of the molecule is NC(=S)c1ccccc1-n1cccc1C(c1cccc(Oc2ccccc2)c1)N1CCCCC1.c1ccc(Oc2cccc(C(c3cccn3Cc3ccccn3)N3CCCCC3)c2)cc1. The lowest BCUT2D eigenvalue weighted by Crippen LogP contribution is -2.35. The van der Waals surface area contributed by atoms with Gasteiger partial charge in [-0.05, 0) is 160 Å². The summed E-state index contributed by atoms with van der Waals surface area (Å²) in [6.45, 7) is 5.13. The summed E-state index contributed by atoms with van der Waals surface area (Å²) in [7, 11) is 0. The van der Waals surface area contributed by atoms with Crippen molar-refractivity contribution in [3.63, 3.8) is 0 Å². The number of nitrogens with zero attached hydrogens (tertiary/aromatic N) is 5. The van der Waals surface area contributed by atoms with Crippen molar-refractivity contribution in [1.29, 1.82) is 0 Å². The zero-order valence-corrected chi connectivity index (χ0v) is 38.3. The van der Waals surface area contributed by atoms with E-state index in [0.717, 1.165) is 72.7 Å². The van der Waals surface area contributed by atoms with Crippen LogP contribution >= 0.6 is 12.2 Å². The Balaban J connectivity index is 0.000000166. The Morgan fingerprint density at radius 2 is 1.03 bits per heavy atom. The van der Waals surface area contributed by atoms with Gasteiger partial charge in [-0.15, -0.1) is 0 Å². The van der Waals surface area contributed by atoms with Crippen molar-refractivity contribution in [2.75, 3.05) is 26.2 Å². The number of aromatic nitrogens is 3. The van der Waals surface area contributed by atoms with Gasteiger partial charge in [0.2, 0.25) is 0 Å². The molecule has 0 saturated carbocycles. The van der Waals surface area contributed by atoms with E-state index in [9.17, 15) is 0 Å². The number of rotatable bonds is 14. The van der Waals surface area contributed by atoms with Crippen molar-refractivity contribution in [1.82, 2.24) is 23.9 Å². The Bertz CT molecular complexity index is 2760. The van der Waals surface area contributed by atoms with Gasteiger partial charge in [0.05, 0.1) is 30.0 Å². The molecule has 2 fully saturated rings. The quantitative estimate of drug-likeness (QED) is 0.109. The van der Waals surface area contributed by atoms with E-state index in [1.54, 1.807) is 0 Å². The highest BCUT2D eigenvalue weighted by atomic mass is 32.1. The molecule has 9 heteroatoms. The van der Waals surface area contributed by atoms with E-state index in [4.69, 9.17) is 27.4 Å². The van der Waals surface area contributed by atoms with Crippen molar-refractivity contribution >= 4 is 17.2 Å². The number of nitrogens with two attached hydrogens (primary N) is 1. The number of hydrogen-bond acceptors (Lipinski definition) is 6. The predicted molar refractivity (Wildman–Crippen MR) is 270 cm³/mol. The lowest BCUT2D eigenvalue weighted by atomic mass is 9.98. The molecular formula is C57H58N6O2S. The van der Waals surface area contributed by atoms with Gasteiger partial charge in [0.25, 0.3) is 0 Å². The second-order valence-electron chi connectivity index (χ2n) is 17.0. The molecule has 334 valence electrons. The van der Waals surface area contributed by atoms with Gasteiger partial charge in [0.15, 0.2) is 0 Å². The Morgan fingerprint density at radius 1 is 0.515 bits per heavy atom. The molecule has 5 aromatic carbocycles. The molecule has 0 spiro atoms. The van der Waals surface area contributed by atoms with E-state index in [1.807, 2.05) is 103 Å². The summed E-state index contributed by atoms with van der Waals surface area (Å²) in [6.07, 6.45) is 13.7. The summed E-state index contributed by atoms with van der Waals surface area (Å²) in [5.74, 6) is 3.41. The first-order chi connectivity index (χ1) is 32.6. The van der Waals surface area contributed by atoms with Crippen LogP contribution in [0.15, 0.2) is 195 Å². The summed E-state index contributed by atoms with van der Waals surface area (Å²) < 4.78 is 16.9. The Kier molecular flexibility index (Phi) is 14.8. The van der Waals surface area contributed by atoms with Crippen LogP contribution in [-0.2, 0) is 6.54 Å². The summed E-state index contributed by atoms with van der Waals surface area (Å²) in [5.41, 5.74) is 14.0. The maximum atomic E-state index is 6.18. The van der Waals surface area contributed by atoms with Crippen LogP contribution in [-0.4, -0.2) is 55.1 Å². The Hall–Kier alpha value is -6.78. The van der Waals surface area contributed by atoms with Gasteiger partial charge in [-0.2, -0.15) is 0 Å². The van der Waals surface area contributed by atoms with Gasteiger partial charge in [0, 0.05) is 35.5 Å². The zero-order chi connectivity index (χ0) is 44.9. The average molecular weight is 891 g/mol. The summed E-state index contributed by atoms with van der Waals surface area (Å²) in [4.78, 5) is 10.2. The minimum Gasteiger partial charge on any atom is -0.457 e. The molecule has 0 radical (unpaired) electrons. The van der Waals surface area contributed by atoms with Gasteiger partial charge in [-0.25, -0.2) is 0 Å². The average Bonchev–Trinajstić information content (AvgIpc) is 4.04. The molecule has 3 aromatic heterocycles. The monoisotopic (exact) mass is 890 g/mol.